The monoisotopic (exact) mass is 174 g/mol. The molecule has 0 unspecified atom stereocenters. The average Bonchev–Trinajstić information content (AvgIpc) is 1.96. The fourth-order valence-electron chi connectivity index (χ4n) is 0.350. The number of carbonyl (C=O) groups excluding carboxylic acids is 1. The molecule has 0 aromatic rings. The molecule has 0 heterocycles. The minimum Gasteiger partial charge on any atom is -0.462 e. The van der Waals surface area contributed by atoms with Crippen LogP contribution in [0.2, 0.25) is 0 Å². The van der Waals surface area contributed by atoms with E-state index in [2.05, 4.69) is 15.0 Å². The first-order chi connectivity index (χ1) is 5.52. The molecule has 68 valence electrons. The van der Waals surface area contributed by atoms with E-state index in [0.29, 0.717) is 0 Å². The van der Waals surface area contributed by atoms with Gasteiger partial charge in [-0.25, -0.2) is 9.59 Å². The Kier molecular flexibility index (Phi) is 4.59. The molecular weight excluding hydrogens is 164 g/mol. The summed E-state index contributed by atoms with van der Waals surface area (Å²) >= 11 is 0. The van der Waals surface area contributed by atoms with Gasteiger partial charge in [-0.3, -0.25) is 0 Å². The van der Waals surface area contributed by atoms with Crippen molar-refractivity contribution in [1.82, 2.24) is 0 Å². The lowest BCUT2D eigenvalue weighted by atomic mass is 10.2. The van der Waals surface area contributed by atoms with Gasteiger partial charge < -0.3 is 9.84 Å². The first-order valence-electron chi connectivity index (χ1n) is 3.33. The summed E-state index contributed by atoms with van der Waals surface area (Å²) in [5.74, 6) is 0.189. The van der Waals surface area contributed by atoms with Crippen molar-refractivity contribution in [3.05, 3.63) is 0 Å². The molecule has 0 rings (SSSR count). The molecule has 0 atom stereocenters. The quantitative estimate of drug-likeness (QED) is 0.647. The summed E-state index contributed by atoms with van der Waals surface area (Å²) in [6, 6.07) is 0. The molecule has 0 bridgehead atoms. The van der Waals surface area contributed by atoms with E-state index in [4.69, 9.17) is 5.11 Å². The van der Waals surface area contributed by atoms with Crippen LogP contribution in [0.3, 0.4) is 0 Å². The van der Waals surface area contributed by atoms with E-state index in [1.165, 1.54) is 0 Å². The lowest BCUT2D eigenvalue weighted by Gasteiger charge is -2.01. The maximum atomic E-state index is 10.5. The topological polar surface area (TPSA) is 88.3 Å². The fraction of sp³-hybridized carbons (Fsp3) is 0.667. The maximum absolute atomic E-state index is 10.5. The van der Waals surface area contributed by atoms with Gasteiger partial charge in [-0.05, 0) is 5.92 Å². The average molecular weight is 174 g/mol. The van der Waals surface area contributed by atoms with Crippen molar-refractivity contribution >= 4 is 12.2 Å². The number of hydrogen-bond donors (Lipinski definition) is 1. The van der Waals surface area contributed by atoms with Gasteiger partial charge in [-0.1, -0.05) is 24.1 Å². The standard InChI is InChI=1S/C6H10N2O4/c1-4(2)3-12-6(11)8-7-5(9)10/h4H,3H2,1-2H3,(H,9,10). The van der Waals surface area contributed by atoms with Crippen LogP contribution < -0.4 is 0 Å². The highest BCUT2D eigenvalue weighted by Crippen LogP contribution is 1.94. The van der Waals surface area contributed by atoms with E-state index in [1.807, 2.05) is 13.8 Å². The molecule has 6 heteroatoms. The Hall–Kier alpha value is -1.46. The Labute approximate surface area is 69.2 Å². The molecule has 0 fully saturated rings. The van der Waals surface area contributed by atoms with Crippen molar-refractivity contribution < 1.29 is 19.4 Å². The molecule has 1 N–H and O–H groups in total. The summed E-state index contributed by atoms with van der Waals surface area (Å²) in [6.07, 6.45) is -2.50. The van der Waals surface area contributed by atoms with Crippen LogP contribution in [0.4, 0.5) is 9.59 Å². The highest BCUT2D eigenvalue weighted by atomic mass is 16.5. The SMILES string of the molecule is CC(C)COC(=O)N=NC(=O)O. The molecule has 0 aliphatic rings. The lowest BCUT2D eigenvalue weighted by Crippen LogP contribution is -2.05. The Morgan fingerprint density at radius 1 is 1.42 bits per heavy atom. The van der Waals surface area contributed by atoms with Gasteiger partial charge in [0, 0.05) is 0 Å². The van der Waals surface area contributed by atoms with Crippen molar-refractivity contribution in [3.63, 3.8) is 0 Å². The molecule has 6 nitrogen and oxygen atoms in total. The first-order valence-corrected chi connectivity index (χ1v) is 3.33. The second kappa shape index (κ2) is 5.22. The van der Waals surface area contributed by atoms with Crippen molar-refractivity contribution in [2.24, 2.45) is 16.1 Å². The molecule has 0 aromatic carbocycles. The van der Waals surface area contributed by atoms with E-state index >= 15 is 0 Å². The third-order valence-electron chi connectivity index (χ3n) is 0.757. The van der Waals surface area contributed by atoms with Gasteiger partial charge in [0.25, 0.3) is 0 Å². The summed E-state index contributed by atoms with van der Waals surface area (Å²) in [7, 11) is 0. The van der Waals surface area contributed by atoms with Gasteiger partial charge in [0.2, 0.25) is 0 Å². The molecule has 0 radical (unpaired) electrons. The van der Waals surface area contributed by atoms with Gasteiger partial charge in [-0.15, -0.1) is 0 Å². The van der Waals surface area contributed by atoms with E-state index in [9.17, 15) is 9.59 Å². The Bertz CT molecular complexity index is 200. The third kappa shape index (κ3) is 6.66. The zero-order valence-corrected chi connectivity index (χ0v) is 6.85. The summed E-state index contributed by atoms with van der Waals surface area (Å²) < 4.78 is 4.49. The third-order valence-corrected chi connectivity index (χ3v) is 0.757. The molecule has 0 saturated carbocycles. The van der Waals surface area contributed by atoms with E-state index < -0.39 is 12.2 Å². The van der Waals surface area contributed by atoms with Gasteiger partial charge in [0.15, 0.2) is 0 Å². The van der Waals surface area contributed by atoms with Crippen LogP contribution in [-0.2, 0) is 4.74 Å². The second-order valence-electron chi connectivity index (χ2n) is 2.45. The Balaban J connectivity index is 3.67. The number of amides is 2. The molecule has 0 saturated heterocycles. The smallest absolute Gasteiger partial charge is 0.452 e. The zero-order valence-electron chi connectivity index (χ0n) is 6.85. The lowest BCUT2D eigenvalue weighted by molar-refractivity contribution is 0.140. The molecule has 0 aliphatic carbocycles. The number of nitrogens with zero attached hydrogens (tertiary/aromatic N) is 2. The van der Waals surface area contributed by atoms with Gasteiger partial charge >= 0.3 is 12.2 Å². The van der Waals surface area contributed by atoms with E-state index in [0.717, 1.165) is 0 Å². The van der Waals surface area contributed by atoms with Gasteiger partial charge in [0.05, 0.1) is 6.61 Å². The molecule has 0 spiro atoms. The van der Waals surface area contributed by atoms with Crippen LogP contribution in [0.5, 0.6) is 0 Å². The van der Waals surface area contributed by atoms with Crippen molar-refractivity contribution in [3.8, 4) is 0 Å². The van der Waals surface area contributed by atoms with Crippen LogP contribution >= 0.6 is 0 Å². The normalized spacial score (nSPS) is 10.6. The van der Waals surface area contributed by atoms with Crippen LogP contribution in [-0.4, -0.2) is 23.9 Å². The molecule has 2 amide bonds. The van der Waals surface area contributed by atoms with Crippen LogP contribution in [0.25, 0.3) is 0 Å². The number of ether oxygens (including phenoxy) is 1. The number of hydrogen-bond acceptors (Lipinski definition) is 3. The summed E-state index contributed by atoms with van der Waals surface area (Å²) in [6.45, 7) is 3.90. The number of rotatable bonds is 2. The fourth-order valence-corrected chi connectivity index (χ4v) is 0.350. The number of carboxylic acid groups (broad SMARTS) is 1. The predicted octanol–water partition coefficient (Wildman–Crippen LogP) is 1.91. The van der Waals surface area contributed by atoms with Gasteiger partial charge in [-0.2, -0.15) is 0 Å². The van der Waals surface area contributed by atoms with E-state index in [1.54, 1.807) is 0 Å². The number of azo groups is 1. The highest BCUT2D eigenvalue weighted by Gasteiger charge is 2.02. The molecule has 0 aromatic heterocycles. The second-order valence-corrected chi connectivity index (χ2v) is 2.45. The minimum absolute atomic E-state index is 0.189. The number of carbonyl (C=O) groups is 2. The largest absolute Gasteiger partial charge is 0.462 e. The van der Waals surface area contributed by atoms with Crippen LogP contribution in [0.1, 0.15) is 13.8 Å². The van der Waals surface area contributed by atoms with E-state index in [-0.39, 0.29) is 12.5 Å². The minimum atomic E-state index is -1.52. The molecular formula is C6H10N2O4. The van der Waals surface area contributed by atoms with Crippen LogP contribution in [0.15, 0.2) is 10.2 Å². The molecule has 0 aliphatic heterocycles. The van der Waals surface area contributed by atoms with Crippen LogP contribution in [0, 0.1) is 5.92 Å². The summed E-state index contributed by atoms with van der Waals surface area (Å²) in [5, 5.41) is 13.3. The maximum Gasteiger partial charge on any atom is 0.452 e. The van der Waals surface area contributed by atoms with Crippen molar-refractivity contribution in [2.75, 3.05) is 6.61 Å². The van der Waals surface area contributed by atoms with Crippen molar-refractivity contribution in [1.29, 1.82) is 0 Å². The van der Waals surface area contributed by atoms with Gasteiger partial charge in [0.1, 0.15) is 0 Å². The summed E-state index contributed by atoms with van der Waals surface area (Å²) in [4.78, 5) is 20.3. The zero-order chi connectivity index (χ0) is 9.56. The highest BCUT2D eigenvalue weighted by molar-refractivity contribution is 5.71. The summed E-state index contributed by atoms with van der Waals surface area (Å²) in [5.41, 5.74) is 0. The first kappa shape index (κ1) is 10.5. The Morgan fingerprint density at radius 3 is 2.42 bits per heavy atom. The Morgan fingerprint density at radius 2 is 2.00 bits per heavy atom. The molecule has 12 heavy (non-hydrogen) atoms. The van der Waals surface area contributed by atoms with Crippen molar-refractivity contribution in [2.45, 2.75) is 13.8 Å². The predicted molar refractivity (Wildman–Crippen MR) is 39.1 cm³/mol.